The second-order valence-corrected chi connectivity index (χ2v) is 7.95. The zero-order valence-corrected chi connectivity index (χ0v) is 16.5. The molecule has 0 saturated carbocycles. The molecule has 0 bridgehead atoms. The van der Waals surface area contributed by atoms with Gasteiger partial charge in [-0.3, -0.25) is 4.79 Å². The van der Waals surface area contributed by atoms with Gasteiger partial charge in [0.25, 0.3) is 5.22 Å². The molecule has 0 unspecified atom stereocenters. The van der Waals surface area contributed by atoms with Crippen molar-refractivity contribution in [2.75, 3.05) is 25.4 Å². The molecule has 0 amide bonds. The summed E-state index contributed by atoms with van der Waals surface area (Å²) in [6, 6.07) is 6.35. The van der Waals surface area contributed by atoms with E-state index in [9.17, 15) is 13.2 Å². The largest absolute Gasteiger partial charge is 0.465 e. The molecule has 10 heteroatoms. The van der Waals surface area contributed by atoms with Crippen molar-refractivity contribution in [3.63, 3.8) is 0 Å². The summed E-state index contributed by atoms with van der Waals surface area (Å²) in [5, 5.41) is 8.00. The minimum Gasteiger partial charge on any atom is -0.465 e. The Kier molecular flexibility index (Phi) is 7.18. The van der Waals surface area contributed by atoms with Crippen molar-refractivity contribution < 1.29 is 22.4 Å². The molecule has 0 radical (unpaired) electrons. The monoisotopic (exact) mass is 399 g/mol. The third-order valence-corrected chi connectivity index (χ3v) is 6.29. The number of carbonyl (C=O) groups excluding carboxylic acids is 1. The lowest BCUT2D eigenvalue weighted by atomic mass is 10.2. The summed E-state index contributed by atoms with van der Waals surface area (Å²) >= 11 is 1.06. The number of benzene rings is 1. The molecule has 1 aromatic heterocycles. The van der Waals surface area contributed by atoms with Crippen molar-refractivity contribution in [1.82, 2.24) is 14.5 Å². The second-order valence-electron chi connectivity index (χ2n) is 5.08. The lowest BCUT2D eigenvalue weighted by molar-refractivity contribution is -0.139. The number of nitrogens with zero attached hydrogens (tertiary/aromatic N) is 3. The Hall–Kier alpha value is -1.91. The van der Waals surface area contributed by atoms with E-state index < -0.39 is 10.0 Å². The van der Waals surface area contributed by atoms with Gasteiger partial charge in [-0.25, -0.2) is 8.42 Å². The molecule has 1 heterocycles. The van der Waals surface area contributed by atoms with Crippen LogP contribution in [-0.2, 0) is 19.6 Å². The molecule has 0 spiro atoms. The van der Waals surface area contributed by atoms with Gasteiger partial charge in [-0.05, 0) is 25.1 Å². The molecule has 0 N–H and O–H groups in total. The van der Waals surface area contributed by atoms with Crippen LogP contribution < -0.4 is 0 Å². The minimum absolute atomic E-state index is 0.0614. The fraction of sp³-hybridized carbons (Fsp3) is 0.438. The van der Waals surface area contributed by atoms with Crippen molar-refractivity contribution in [3.05, 3.63) is 24.3 Å². The Morgan fingerprint density at radius 1 is 1.23 bits per heavy atom. The molecule has 26 heavy (non-hydrogen) atoms. The van der Waals surface area contributed by atoms with Crippen LogP contribution in [0.1, 0.15) is 20.8 Å². The van der Waals surface area contributed by atoms with Crippen molar-refractivity contribution in [2.24, 2.45) is 0 Å². The number of aromatic nitrogens is 2. The second kappa shape index (κ2) is 9.15. The molecule has 0 saturated heterocycles. The summed E-state index contributed by atoms with van der Waals surface area (Å²) in [5.41, 5.74) is 0.494. The third kappa shape index (κ3) is 4.83. The first-order chi connectivity index (χ1) is 12.4. The average Bonchev–Trinajstić information content (AvgIpc) is 3.10. The highest BCUT2D eigenvalue weighted by Gasteiger charge is 2.22. The Balaban J connectivity index is 2.19. The fourth-order valence-corrected chi connectivity index (χ4v) is 4.28. The van der Waals surface area contributed by atoms with Crippen LogP contribution in [0.4, 0.5) is 0 Å². The van der Waals surface area contributed by atoms with Gasteiger partial charge in [0.15, 0.2) is 0 Å². The first kappa shape index (κ1) is 20.4. The lowest BCUT2D eigenvalue weighted by Gasteiger charge is -2.18. The Bertz CT molecular complexity index is 847. The number of sulfonamides is 1. The molecule has 8 nitrogen and oxygen atoms in total. The van der Waals surface area contributed by atoms with E-state index in [0.29, 0.717) is 25.3 Å². The summed E-state index contributed by atoms with van der Waals surface area (Å²) in [6.45, 7) is 6.39. The van der Waals surface area contributed by atoms with Crippen LogP contribution in [0.25, 0.3) is 11.5 Å². The quantitative estimate of drug-likeness (QED) is 0.468. The molecule has 0 aliphatic carbocycles. The van der Waals surface area contributed by atoms with E-state index in [1.54, 1.807) is 32.9 Å². The SMILES string of the molecule is CCOC(=O)CSc1nnc(-c2cccc(S(=O)(=O)N(CC)CC)c2)o1. The van der Waals surface area contributed by atoms with Gasteiger partial charge < -0.3 is 9.15 Å². The van der Waals surface area contributed by atoms with Crippen LogP contribution in [-0.4, -0.2) is 54.3 Å². The maximum atomic E-state index is 12.6. The van der Waals surface area contributed by atoms with E-state index in [1.165, 1.54) is 16.4 Å². The summed E-state index contributed by atoms with van der Waals surface area (Å²) in [6.07, 6.45) is 0. The number of rotatable bonds is 9. The van der Waals surface area contributed by atoms with E-state index >= 15 is 0 Å². The van der Waals surface area contributed by atoms with Crippen LogP contribution in [0, 0.1) is 0 Å². The van der Waals surface area contributed by atoms with Crippen molar-refractivity contribution in [2.45, 2.75) is 30.9 Å². The number of hydrogen-bond donors (Lipinski definition) is 0. The molecular formula is C16H21N3O5S2. The lowest BCUT2D eigenvalue weighted by Crippen LogP contribution is -2.30. The van der Waals surface area contributed by atoms with Crippen LogP contribution >= 0.6 is 11.8 Å². The smallest absolute Gasteiger partial charge is 0.316 e. The van der Waals surface area contributed by atoms with Gasteiger partial charge in [0.1, 0.15) is 5.75 Å². The highest BCUT2D eigenvalue weighted by molar-refractivity contribution is 7.99. The highest BCUT2D eigenvalue weighted by atomic mass is 32.2. The van der Waals surface area contributed by atoms with E-state index in [0.717, 1.165) is 11.8 Å². The van der Waals surface area contributed by atoms with Gasteiger partial charge in [0.2, 0.25) is 15.9 Å². The van der Waals surface area contributed by atoms with Gasteiger partial charge >= 0.3 is 5.97 Å². The van der Waals surface area contributed by atoms with Crippen molar-refractivity contribution >= 4 is 27.8 Å². The molecule has 0 fully saturated rings. The normalized spacial score (nSPS) is 11.7. The average molecular weight is 399 g/mol. The standard InChI is InChI=1S/C16H21N3O5S2/c1-4-19(5-2)26(21,22)13-9-7-8-12(10-13)15-17-18-16(24-15)25-11-14(20)23-6-3/h7-10H,4-6,11H2,1-3H3. The van der Waals surface area contributed by atoms with Crippen LogP contribution in [0.5, 0.6) is 0 Å². The molecule has 0 aliphatic heterocycles. The Morgan fingerprint density at radius 2 is 1.96 bits per heavy atom. The zero-order chi connectivity index (χ0) is 19.2. The predicted octanol–water partition coefficient (Wildman–Crippen LogP) is 2.42. The summed E-state index contributed by atoms with van der Waals surface area (Å²) in [7, 11) is -3.58. The Morgan fingerprint density at radius 3 is 2.62 bits per heavy atom. The summed E-state index contributed by atoms with van der Waals surface area (Å²) < 4.78 is 37.0. The van der Waals surface area contributed by atoms with Crippen LogP contribution in [0.2, 0.25) is 0 Å². The number of thioether (sulfide) groups is 1. The zero-order valence-electron chi connectivity index (χ0n) is 14.8. The van der Waals surface area contributed by atoms with Gasteiger partial charge in [0, 0.05) is 18.7 Å². The van der Waals surface area contributed by atoms with Gasteiger partial charge in [-0.1, -0.05) is 31.7 Å². The van der Waals surface area contributed by atoms with E-state index in [4.69, 9.17) is 9.15 Å². The molecule has 142 valence electrons. The van der Waals surface area contributed by atoms with Gasteiger partial charge in [-0.2, -0.15) is 4.31 Å². The van der Waals surface area contributed by atoms with Gasteiger partial charge in [-0.15, -0.1) is 10.2 Å². The van der Waals surface area contributed by atoms with E-state index in [1.807, 2.05) is 0 Å². The maximum Gasteiger partial charge on any atom is 0.316 e. The Labute approximate surface area is 157 Å². The topological polar surface area (TPSA) is 103 Å². The van der Waals surface area contributed by atoms with Gasteiger partial charge in [0.05, 0.1) is 11.5 Å². The maximum absolute atomic E-state index is 12.6. The van der Waals surface area contributed by atoms with E-state index in [2.05, 4.69) is 10.2 Å². The molecule has 2 aromatic rings. The van der Waals surface area contributed by atoms with Crippen molar-refractivity contribution in [1.29, 1.82) is 0 Å². The molecule has 0 aliphatic rings. The van der Waals surface area contributed by atoms with Crippen LogP contribution in [0.15, 0.2) is 38.8 Å². The fourth-order valence-electron chi connectivity index (χ4n) is 2.21. The van der Waals surface area contributed by atoms with Crippen molar-refractivity contribution in [3.8, 4) is 11.5 Å². The molecule has 2 rings (SSSR count). The summed E-state index contributed by atoms with van der Waals surface area (Å²) in [4.78, 5) is 11.5. The number of esters is 1. The third-order valence-electron chi connectivity index (χ3n) is 3.45. The molecule has 0 atom stereocenters. The number of ether oxygens (including phenoxy) is 1. The molecule has 1 aromatic carbocycles. The summed E-state index contributed by atoms with van der Waals surface area (Å²) in [5.74, 6) is -0.121. The first-order valence-electron chi connectivity index (χ1n) is 8.14. The van der Waals surface area contributed by atoms with E-state index in [-0.39, 0.29) is 27.7 Å². The highest BCUT2D eigenvalue weighted by Crippen LogP contribution is 2.26. The number of hydrogen-bond acceptors (Lipinski definition) is 8. The molecular weight excluding hydrogens is 378 g/mol. The predicted molar refractivity (Wildman–Crippen MR) is 97.2 cm³/mol. The van der Waals surface area contributed by atoms with Crippen LogP contribution in [0.3, 0.4) is 0 Å². The first-order valence-corrected chi connectivity index (χ1v) is 10.6. The number of carbonyl (C=O) groups is 1. The minimum atomic E-state index is -3.58.